The number of para-hydroxylation sites is 1. The standard InChI is InChI=1S/C22H19F3N6O/c1-12-8-18(32)14-4-2-3-5-15(14)28-20(12)21-29-19-10-27-17(11-31(19)30-21)16-9-13(6-7-26-16)22(23,24)25/h2-7,9,17,27-28H,8,10-11H2,1H3. The molecule has 4 heterocycles. The molecule has 0 bridgehead atoms. The van der Waals surface area contributed by atoms with Crippen molar-refractivity contribution in [2.45, 2.75) is 38.7 Å². The number of nitrogens with one attached hydrogen (secondary N) is 2. The van der Waals surface area contributed by atoms with Crippen LogP contribution in [0, 0.1) is 0 Å². The number of ketones is 1. The SMILES string of the molecule is CC1=C(c2nc3n(n2)CC(c2cc(C(F)(F)F)ccn2)NC3)Nc2ccccc2C(=O)C1. The van der Waals surface area contributed by atoms with Crippen molar-refractivity contribution in [1.82, 2.24) is 25.1 Å². The number of halogens is 3. The lowest BCUT2D eigenvalue weighted by molar-refractivity contribution is -0.137. The van der Waals surface area contributed by atoms with Crippen molar-refractivity contribution in [2.24, 2.45) is 0 Å². The Hall–Kier alpha value is -3.53. The molecule has 0 radical (unpaired) electrons. The van der Waals surface area contributed by atoms with E-state index in [0.717, 1.165) is 17.7 Å². The first kappa shape index (κ1) is 20.4. The number of allylic oxidation sites excluding steroid dienone is 1. The van der Waals surface area contributed by atoms with Crippen LogP contribution in [-0.4, -0.2) is 25.5 Å². The molecule has 1 unspecified atom stereocenters. The number of carbonyl (C=O) groups excluding carboxylic acids is 1. The van der Waals surface area contributed by atoms with Crippen molar-refractivity contribution in [1.29, 1.82) is 0 Å². The molecule has 2 aromatic heterocycles. The Balaban J connectivity index is 1.44. The van der Waals surface area contributed by atoms with E-state index in [4.69, 9.17) is 0 Å². The van der Waals surface area contributed by atoms with Crippen LogP contribution in [0.15, 0.2) is 48.2 Å². The van der Waals surface area contributed by atoms with E-state index in [-0.39, 0.29) is 12.2 Å². The van der Waals surface area contributed by atoms with E-state index in [1.165, 1.54) is 6.20 Å². The Morgan fingerprint density at radius 2 is 2.00 bits per heavy atom. The maximum absolute atomic E-state index is 13.1. The zero-order chi connectivity index (χ0) is 22.5. The molecule has 1 aromatic carbocycles. The van der Waals surface area contributed by atoms with E-state index in [1.54, 1.807) is 10.7 Å². The highest BCUT2D eigenvalue weighted by molar-refractivity contribution is 6.06. The maximum atomic E-state index is 13.1. The van der Waals surface area contributed by atoms with Crippen LogP contribution in [0.5, 0.6) is 0 Å². The van der Waals surface area contributed by atoms with Crippen molar-refractivity contribution < 1.29 is 18.0 Å². The van der Waals surface area contributed by atoms with Crippen molar-refractivity contribution in [2.75, 3.05) is 5.32 Å². The van der Waals surface area contributed by atoms with Crippen molar-refractivity contribution in [3.8, 4) is 0 Å². The largest absolute Gasteiger partial charge is 0.416 e. The first-order valence-electron chi connectivity index (χ1n) is 10.1. The fourth-order valence-corrected chi connectivity index (χ4v) is 3.97. The molecule has 0 fully saturated rings. The number of benzene rings is 1. The third-order valence-corrected chi connectivity index (χ3v) is 5.64. The number of nitrogens with zero attached hydrogens (tertiary/aromatic N) is 4. The van der Waals surface area contributed by atoms with E-state index in [2.05, 4.69) is 25.7 Å². The zero-order valence-electron chi connectivity index (χ0n) is 17.1. The smallest absolute Gasteiger partial charge is 0.352 e. The average molecular weight is 440 g/mol. The Bertz CT molecular complexity index is 1250. The summed E-state index contributed by atoms with van der Waals surface area (Å²) in [4.78, 5) is 21.3. The van der Waals surface area contributed by atoms with E-state index < -0.39 is 17.8 Å². The Labute approximate surface area is 181 Å². The minimum Gasteiger partial charge on any atom is -0.352 e. The molecule has 0 amide bonds. The number of pyridine rings is 1. The summed E-state index contributed by atoms with van der Waals surface area (Å²) < 4.78 is 40.9. The van der Waals surface area contributed by atoms with E-state index >= 15 is 0 Å². The molecule has 1 atom stereocenters. The molecule has 2 aliphatic rings. The number of Topliss-reactive ketones (excluding diaryl/α,β-unsaturated/α-hetero) is 1. The van der Waals surface area contributed by atoms with Gasteiger partial charge in [0, 0.05) is 23.9 Å². The first-order chi connectivity index (χ1) is 15.3. The molecule has 5 rings (SSSR count). The molecule has 7 nitrogen and oxygen atoms in total. The molecule has 32 heavy (non-hydrogen) atoms. The number of carbonyl (C=O) groups is 1. The summed E-state index contributed by atoms with van der Waals surface area (Å²) in [5, 5.41) is 11.1. The Morgan fingerprint density at radius 1 is 1.19 bits per heavy atom. The second kappa shape index (κ2) is 7.56. The minimum atomic E-state index is -4.43. The van der Waals surface area contributed by atoms with Gasteiger partial charge in [-0.05, 0) is 36.8 Å². The van der Waals surface area contributed by atoms with Gasteiger partial charge in [0.15, 0.2) is 11.6 Å². The lowest BCUT2D eigenvalue weighted by Crippen LogP contribution is -2.33. The van der Waals surface area contributed by atoms with Gasteiger partial charge in [-0.1, -0.05) is 12.1 Å². The lowest BCUT2D eigenvalue weighted by atomic mass is 10.0. The summed E-state index contributed by atoms with van der Waals surface area (Å²) in [5.74, 6) is 1.12. The Morgan fingerprint density at radius 3 is 2.81 bits per heavy atom. The Kier molecular flexibility index (Phi) is 4.81. The van der Waals surface area contributed by atoms with Gasteiger partial charge >= 0.3 is 6.18 Å². The van der Waals surface area contributed by atoms with Crippen LogP contribution in [0.4, 0.5) is 18.9 Å². The molecule has 0 saturated carbocycles. The first-order valence-corrected chi connectivity index (χ1v) is 10.1. The van der Waals surface area contributed by atoms with Crippen LogP contribution in [-0.2, 0) is 19.3 Å². The number of alkyl halides is 3. The topological polar surface area (TPSA) is 84.7 Å². The molecule has 10 heteroatoms. The molecule has 2 aliphatic heterocycles. The van der Waals surface area contributed by atoms with Gasteiger partial charge in [0.25, 0.3) is 0 Å². The fraction of sp³-hybridized carbons (Fsp3) is 0.273. The summed E-state index contributed by atoms with van der Waals surface area (Å²) >= 11 is 0. The predicted molar refractivity (Wildman–Crippen MR) is 110 cm³/mol. The molecule has 3 aromatic rings. The number of anilines is 1. The highest BCUT2D eigenvalue weighted by Gasteiger charge is 2.32. The van der Waals surface area contributed by atoms with Gasteiger partial charge in [-0.2, -0.15) is 13.2 Å². The van der Waals surface area contributed by atoms with Gasteiger partial charge in [0.05, 0.1) is 36.1 Å². The van der Waals surface area contributed by atoms with Crippen LogP contribution in [0.25, 0.3) is 5.70 Å². The van der Waals surface area contributed by atoms with Crippen molar-refractivity contribution in [3.05, 3.63) is 76.6 Å². The second-order valence-corrected chi connectivity index (χ2v) is 7.86. The van der Waals surface area contributed by atoms with Crippen LogP contribution in [0.3, 0.4) is 0 Å². The van der Waals surface area contributed by atoms with Crippen LogP contribution in [0.2, 0.25) is 0 Å². The van der Waals surface area contributed by atoms with E-state index in [9.17, 15) is 18.0 Å². The van der Waals surface area contributed by atoms with Gasteiger partial charge in [0.1, 0.15) is 5.82 Å². The summed E-state index contributed by atoms with van der Waals surface area (Å²) in [6, 6.07) is 8.86. The van der Waals surface area contributed by atoms with Gasteiger partial charge < -0.3 is 10.6 Å². The van der Waals surface area contributed by atoms with E-state index in [1.807, 2.05) is 25.1 Å². The fourth-order valence-electron chi connectivity index (χ4n) is 3.97. The molecule has 0 spiro atoms. The van der Waals surface area contributed by atoms with E-state index in [0.29, 0.717) is 47.4 Å². The molecule has 2 N–H and O–H groups in total. The summed E-state index contributed by atoms with van der Waals surface area (Å²) in [6.07, 6.45) is -3.01. The molecular weight excluding hydrogens is 421 g/mol. The number of fused-ring (bicyclic) bond motifs is 2. The highest BCUT2D eigenvalue weighted by Crippen LogP contribution is 2.32. The third kappa shape index (κ3) is 3.66. The predicted octanol–water partition coefficient (Wildman–Crippen LogP) is 3.97. The zero-order valence-corrected chi connectivity index (χ0v) is 17.1. The number of aromatic nitrogens is 4. The van der Waals surface area contributed by atoms with Crippen molar-refractivity contribution >= 4 is 17.2 Å². The van der Waals surface area contributed by atoms with Crippen LogP contribution >= 0.6 is 0 Å². The minimum absolute atomic E-state index is 0.0157. The number of hydrogen-bond donors (Lipinski definition) is 2. The highest BCUT2D eigenvalue weighted by atomic mass is 19.4. The summed E-state index contributed by atoms with van der Waals surface area (Å²) in [5.41, 5.74) is 2.35. The van der Waals surface area contributed by atoms with Crippen molar-refractivity contribution in [3.63, 3.8) is 0 Å². The average Bonchev–Trinajstić information content (AvgIpc) is 3.14. The molecule has 0 aliphatic carbocycles. The quantitative estimate of drug-likeness (QED) is 0.628. The number of rotatable bonds is 2. The monoisotopic (exact) mass is 440 g/mol. The summed E-state index contributed by atoms with van der Waals surface area (Å²) in [6.45, 7) is 2.48. The van der Waals surface area contributed by atoms with Crippen LogP contribution in [0.1, 0.15) is 52.7 Å². The lowest BCUT2D eigenvalue weighted by Gasteiger charge is -2.24. The van der Waals surface area contributed by atoms with Crippen LogP contribution < -0.4 is 10.6 Å². The second-order valence-electron chi connectivity index (χ2n) is 7.86. The third-order valence-electron chi connectivity index (χ3n) is 5.64. The normalized spacial score (nSPS) is 18.6. The maximum Gasteiger partial charge on any atom is 0.416 e. The number of hydrogen-bond acceptors (Lipinski definition) is 6. The summed E-state index contributed by atoms with van der Waals surface area (Å²) in [7, 11) is 0. The molecule has 164 valence electrons. The molecule has 0 saturated heterocycles. The van der Waals surface area contributed by atoms with Gasteiger partial charge in [0.2, 0.25) is 0 Å². The van der Waals surface area contributed by atoms with Gasteiger partial charge in [-0.3, -0.25) is 9.78 Å². The van der Waals surface area contributed by atoms with Gasteiger partial charge in [-0.15, -0.1) is 5.10 Å². The molecular formula is C22H19F3N6O. The van der Waals surface area contributed by atoms with Gasteiger partial charge in [-0.25, -0.2) is 9.67 Å².